The predicted octanol–water partition coefficient (Wildman–Crippen LogP) is 2.31. The molecule has 0 atom stereocenters. The average molecular weight is 176 g/mol. The van der Waals surface area contributed by atoms with Crippen LogP contribution in [0.15, 0.2) is 24.3 Å². The molecule has 0 spiro atoms. The lowest BCUT2D eigenvalue weighted by molar-refractivity contribution is 0.795. The van der Waals surface area contributed by atoms with Gasteiger partial charge in [-0.1, -0.05) is 37.6 Å². The summed E-state index contributed by atoms with van der Waals surface area (Å²) in [5, 5.41) is 7.22. The maximum Gasteiger partial charge on any atom is 0.122 e. The number of benzene rings is 1. The second-order valence-electron chi connectivity index (χ2n) is 3.21. The smallest absolute Gasteiger partial charge is 0.122 e. The van der Waals surface area contributed by atoms with Crippen LogP contribution in [0.5, 0.6) is 0 Å². The number of nitrogens with two attached hydrogens (primary N) is 1. The largest absolute Gasteiger partial charge is 0.384 e. The molecule has 0 bridgehead atoms. The van der Waals surface area contributed by atoms with Crippen LogP contribution in [0.2, 0.25) is 0 Å². The quantitative estimate of drug-likeness (QED) is 0.536. The Morgan fingerprint density at radius 2 is 1.92 bits per heavy atom. The molecule has 2 heteroatoms. The first-order chi connectivity index (χ1) is 6.24. The normalized spacial score (nSPS) is 9.92. The average Bonchev–Trinajstić information content (AvgIpc) is 2.15. The molecule has 1 rings (SSSR count). The van der Waals surface area contributed by atoms with Crippen molar-refractivity contribution in [2.45, 2.75) is 26.2 Å². The first-order valence-corrected chi connectivity index (χ1v) is 4.67. The second-order valence-corrected chi connectivity index (χ2v) is 3.21. The molecule has 0 unspecified atom stereocenters. The Morgan fingerprint density at radius 3 is 2.38 bits per heavy atom. The molecule has 0 radical (unpaired) electrons. The molecule has 0 amide bonds. The van der Waals surface area contributed by atoms with Crippen molar-refractivity contribution in [3.05, 3.63) is 35.4 Å². The summed E-state index contributed by atoms with van der Waals surface area (Å²) in [6.45, 7) is 2.18. The predicted molar refractivity (Wildman–Crippen MR) is 56.1 cm³/mol. The molecular formula is C11H16N2. The van der Waals surface area contributed by atoms with Crippen LogP contribution in [0.4, 0.5) is 0 Å². The lowest BCUT2D eigenvalue weighted by Crippen LogP contribution is -2.10. The molecule has 0 aromatic heterocycles. The van der Waals surface area contributed by atoms with Crippen LogP contribution in [-0.4, -0.2) is 5.84 Å². The van der Waals surface area contributed by atoms with Gasteiger partial charge in [0.1, 0.15) is 5.84 Å². The van der Waals surface area contributed by atoms with Crippen LogP contribution in [0, 0.1) is 5.41 Å². The van der Waals surface area contributed by atoms with Gasteiger partial charge in [0.25, 0.3) is 0 Å². The van der Waals surface area contributed by atoms with Gasteiger partial charge in [0.05, 0.1) is 0 Å². The van der Waals surface area contributed by atoms with E-state index in [1.807, 2.05) is 24.3 Å². The standard InChI is InChI=1S/C11H16N2/c1-2-3-4-9-5-7-10(8-6-9)11(12)13/h5-8H,2-4H2,1H3,(H3,12,13). The number of hydrogen-bond donors (Lipinski definition) is 2. The Hall–Kier alpha value is -1.31. The highest BCUT2D eigenvalue weighted by Crippen LogP contribution is 2.07. The molecule has 0 aliphatic carbocycles. The van der Waals surface area contributed by atoms with Crippen LogP contribution >= 0.6 is 0 Å². The molecule has 0 aliphatic rings. The summed E-state index contributed by atoms with van der Waals surface area (Å²) in [5.74, 6) is 0.141. The first-order valence-electron chi connectivity index (χ1n) is 4.67. The zero-order valence-electron chi connectivity index (χ0n) is 8.01. The third-order valence-electron chi connectivity index (χ3n) is 2.08. The van der Waals surface area contributed by atoms with Crippen molar-refractivity contribution in [2.75, 3.05) is 0 Å². The van der Waals surface area contributed by atoms with E-state index < -0.39 is 0 Å². The SMILES string of the molecule is CCCCc1ccc(C(=N)N)cc1. The number of aryl methyl sites for hydroxylation is 1. The number of nitrogens with one attached hydrogen (secondary N) is 1. The van der Waals surface area contributed by atoms with Gasteiger partial charge in [0, 0.05) is 5.56 Å². The minimum Gasteiger partial charge on any atom is -0.384 e. The Bertz CT molecular complexity index is 275. The first kappa shape index (κ1) is 9.78. The number of nitrogen functional groups attached to an aromatic ring is 1. The zero-order valence-corrected chi connectivity index (χ0v) is 8.01. The van der Waals surface area contributed by atoms with E-state index in [2.05, 4.69) is 6.92 Å². The van der Waals surface area contributed by atoms with Crippen LogP contribution < -0.4 is 5.73 Å². The summed E-state index contributed by atoms with van der Waals surface area (Å²) in [7, 11) is 0. The van der Waals surface area contributed by atoms with Crippen LogP contribution in [0.1, 0.15) is 30.9 Å². The number of unbranched alkanes of at least 4 members (excludes halogenated alkanes) is 1. The van der Waals surface area contributed by atoms with Gasteiger partial charge in [-0.15, -0.1) is 0 Å². The minimum absolute atomic E-state index is 0.141. The summed E-state index contributed by atoms with van der Waals surface area (Å²) in [5.41, 5.74) is 7.48. The summed E-state index contributed by atoms with van der Waals surface area (Å²) < 4.78 is 0. The van der Waals surface area contributed by atoms with Gasteiger partial charge in [0.15, 0.2) is 0 Å². The summed E-state index contributed by atoms with van der Waals surface area (Å²) in [6.07, 6.45) is 3.56. The van der Waals surface area contributed by atoms with Crippen molar-refractivity contribution < 1.29 is 0 Å². The molecule has 1 aromatic carbocycles. The summed E-state index contributed by atoms with van der Waals surface area (Å²) in [4.78, 5) is 0. The molecule has 1 aromatic rings. The maximum absolute atomic E-state index is 7.22. The van der Waals surface area contributed by atoms with E-state index in [0.29, 0.717) is 0 Å². The van der Waals surface area contributed by atoms with Crippen molar-refractivity contribution in [1.29, 1.82) is 5.41 Å². The highest BCUT2D eigenvalue weighted by molar-refractivity contribution is 5.94. The van der Waals surface area contributed by atoms with E-state index in [1.54, 1.807) is 0 Å². The molecule has 70 valence electrons. The Morgan fingerprint density at radius 1 is 1.31 bits per heavy atom. The van der Waals surface area contributed by atoms with E-state index in [0.717, 1.165) is 12.0 Å². The molecular weight excluding hydrogens is 160 g/mol. The molecule has 0 heterocycles. The van der Waals surface area contributed by atoms with E-state index in [-0.39, 0.29) is 5.84 Å². The van der Waals surface area contributed by atoms with Gasteiger partial charge in [-0.2, -0.15) is 0 Å². The molecule has 3 N–H and O–H groups in total. The van der Waals surface area contributed by atoms with Gasteiger partial charge in [0.2, 0.25) is 0 Å². The highest BCUT2D eigenvalue weighted by atomic mass is 14.7. The zero-order chi connectivity index (χ0) is 9.68. The Balaban J connectivity index is 2.64. The summed E-state index contributed by atoms with van der Waals surface area (Å²) >= 11 is 0. The van der Waals surface area contributed by atoms with E-state index >= 15 is 0 Å². The number of rotatable bonds is 4. The van der Waals surface area contributed by atoms with Crippen LogP contribution in [0.3, 0.4) is 0 Å². The van der Waals surface area contributed by atoms with E-state index in [4.69, 9.17) is 11.1 Å². The molecule has 2 nitrogen and oxygen atoms in total. The summed E-state index contributed by atoms with van der Waals surface area (Å²) in [6, 6.07) is 7.92. The van der Waals surface area contributed by atoms with Crippen LogP contribution in [0.25, 0.3) is 0 Å². The lowest BCUT2D eigenvalue weighted by atomic mass is 10.1. The number of hydrogen-bond acceptors (Lipinski definition) is 1. The minimum atomic E-state index is 0.141. The van der Waals surface area contributed by atoms with Crippen molar-refractivity contribution in [2.24, 2.45) is 5.73 Å². The molecule has 0 fully saturated rings. The fourth-order valence-electron chi connectivity index (χ4n) is 1.23. The van der Waals surface area contributed by atoms with Crippen molar-refractivity contribution >= 4 is 5.84 Å². The third kappa shape index (κ3) is 2.90. The topological polar surface area (TPSA) is 49.9 Å². The number of amidine groups is 1. The van der Waals surface area contributed by atoms with Crippen molar-refractivity contribution in [3.63, 3.8) is 0 Å². The molecule has 0 saturated heterocycles. The molecule has 13 heavy (non-hydrogen) atoms. The van der Waals surface area contributed by atoms with Gasteiger partial charge in [-0.3, -0.25) is 5.41 Å². The second kappa shape index (κ2) is 4.65. The van der Waals surface area contributed by atoms with Gasteiger partial charge in [-0.05, 0) is 18.4 Å². The maximum atomic E-state index is 7.22. The van der Waals surface area contributed by atoms with Crippen molar-refractivity contribution in [1.82, 2.24) is 0 Å². The Kier molecular flexibility index (Phi) is 3.50. The lowest BCUT2D eigenvalue weighted by Gasteiger charge is -2.01. The monoisotopic (exact) mass is 176 g/mol. The third-order valence-corrected chi connectivity index (χ3v) is 2.08. The molecule has 0 aliphatic heterocycles. The van der Waals surface area contributed by atoms with E-state index in [9.17, 15) is 0 Å². The van der Waals surface area contributed by atoms with Crippen LogP contribution in [-0.2, 0) is 6.42 Å². The fourth-order valence-corrected chi connectivity index (χ4v) is 1.23. The van der Waals surface area contributed by atoms with Gasteiger partial charge in [-0.25, -0.2) is 0 Å². The van der Waals surface area contributed by atoms with E-state index in [1.165, 1.54) is 18.4 Å². The fraction of sp³-hybridized carbons (Fsp3) is 0.364. The van der Waals surface area contributed by atoms with Gasteiger partial charge >= 0.3 is 0 Å². The molecule has 0 saturated carbocycles. The van der Waals surface area contributed by atoms with Gasteiger partial charge < -0.3 is 5.73 Å². The van der Waals surface area contributed by atoms with Crippen molar-refractivity contribution in [3.8, 4) is 0 Å². The highest BCUT2D eigenvalue weighted by Gasteiger charge is 1.96. The Labute approximate surface area is 79.3 Å².